The molecule has 1 aliphatic rings. The Morgan fingerprint density at radius 3 is 2.65 bits per heavy atom. The molecule has 0 bridgehead atoms. The number of rotatable bonds is 10. The molecule has 1 aromatic rings. The third-order valence-electron chi connectivity index (χ3n) is 3.15. The summed E-state index contributed by atoms with van der Waals surface area (Å²) in [4.78, 5) is 11.2. The lowest BCUT2D eigenvalue weighted by Crippen LogP contribution is -2.43. The van der Waals surface area contributed by atoms with Crippen molar-refractivity contribution in [2.75, 3.05) is 19.8 Å². The summed E-state index contributed by atoms with van der Waals surface area (Å²) in [6, 6.07) is 9.80. The van der Waals surface area contributed by atoms with Crippen molar-refractivity contribution in [1.82, 2.24) is 5.32 Å². The molecule has 1 fully saturated rings. The molecule has 1 unspecified atom stereocenters. The number of nitrogens with two attached hydrogens (primary N) is 1. The Hall–Kier alpha value is -1.59. The van der Waals surface area contributed by atoms with Gasteiger partial charge in [-0.3, -0.25) is 4.79 Å². The summed E-state index contributed by atoms with van der Waals surface area (Å²) < 4.78 is 11.0. The maximum Gasteiger partial charge on any atom is 0.234 e. The van der Waals surface area contributed by atoms with Crippen molar-refractivity contribution in [2.24, 2.45) is 5.73 Å². The molecule has 0 radical (unpaired) electrons. The summed E-state index contributed by atoms with van der Waals surface area (Å²) in [7, 11) is 0. The molecule has 1 amide bonds. The monoisotopic (exact) mass is 278 g/mol. The Morgan fingerprint density at radius 2 is 2.00 bits per heavy atom. The minimum atomic E-state index is -0.305. The zero-order valence-corrected chi connectivity index (χ0v) is 11.6. The van der Waals surface area contributed by atoms with Gasteiger partial charge in [-0.15, -0.1) is 0 Å². The summed E-state index contributed by atoms with van der Waals surface area (Å²) in [5.74, 6) is 0.530. The van der Waals surface area contributed by atoms with E-state index in [1.165, 1.54) is 0 Å². The molecule has 0 aromatic heterocycles. The fourth-order valence-electron chi connectivity index (χ4n) is 1.88. The molecule has 20 heavy (non-hydrogen) atoms. The van der Waals surface area contributed by atoms with Gasteiger partial charge in [-0.1, -0.05) is 18.2 Å². The predicted octanol–water partition coefficient (Wildman–Crippen LogP) is 1.08. The number of carbonyl (C=O) groups is 1. The second-order valence-electron chi connectivity index (χ2n) is 4.96. The quantitative estimate of drug-likeness (QED) is 0.628. The molecule has 0 saturated heterocycles. The Bertz CT molecular complexity index is 407. The molecule has 110 valence electrons. The van der Waals surface area contributed by atoms with Gasteiger partial charge in [0.05, 0.1) is 12.6 Å². The number of para-hydroxylation sites is 1. The molecule has 5 heteroatoms. The Morgan fingerprint density at radius 1 is 1.25 bits per heavy atom. The van der Waals surface area contributed by atoms with Gasteiger partial charge >= 0.3 is 0 Å². The average Bonchev–Trinajstić information content (AvgIpc) is 3.26. The van der Waals surface area contributed by atoms with Crippen molar-refractivity contribution in [2.45, 2.75) is 31.3 Å². The lowest BCUT2D eigenvalue weighted by molar-refractivity contribution is -0.120. The van der Waals surface area contributed by atoms with E-state index in [0.717, 1.165) is 18.6 Å². The normalized spacial score (nSPS) is 15.8. The van der Waals surface area contributed by atoms with Crippen LogP contribution in [-0.2, 0) is 9.53 Å². The van der Waals surface area contributed by atoms with Crippen molar-refractivity contribution in [3.05, 3.63) is 30.3 Å². The average molecular weight is 278 g/mol. The number of hydrogen-bond donors (Lipinski definition) is 2. The van der Waals surface area contributed by atoms with Gasteiger partial charge < -0.3 is 20.5 Å². The second kappa shape index (κ2) is 7.87. The van der Waals surface area contributed by atoms with Gasteiger partial charge in [0.2, 0.25) is 5.91 Å². The Kier molecular flexibility index (Phi) is 5.83. The molecule has 1 saturated carbocycles. The molecular formula is C15H22N2O3. The zero-order chi connectivity index (χ0) is 14.2. The van der Waals surface area contributed by atoms with Crippen LogP contribution in [0.25, 0.3) is 0 Å². The molecule has 1 aromatic carbocycles. The summed E-state index contributed by atoms with van der Waals surface area (Å²) in [5, 5.41) is 3.22. The first-order valence-corrected chi connectivity index (χ1v) is 7.06. The molecule has 3 N–H and O–H groups in total. The number of carbonyl (C=O) groups excluding carboxylic acids is 1. The number of amides is 1. The van der Waals surface area contributed by atoms with Crippen LogP contribution in [0.4, 0.5) is 0 Å². The third kappa shape index (κ3) is 5.59. The predicted molar refractivity (Wildman–Crippen MR) is 76.5 cm³/mol. The van der Waals surface area contributed by atoms with Crippen molar-refractivity contribution >= 4 is 5.91 Å². The maximum atomic E-state index is 11.2. The van der Waals surface area contributed by atoms with E-state index < -0.39 is 0 Å². The number of primary amides is 1. The largest absolute Gasteiger partial charge is 0.491 e. The maximum absolute atomic E-state index is 11.2. The minimum absolute atomic E-state index is 0.280. The van der Waals surface area contributed by atoms with E-state index in [2.05, 4.69) is 5.32 Å². The standard InChI is InChI=1S/C15H22N2O3/c16-15(18)14(17-12-6-7-12)8-9-19-10-11-20-13-4-2-1-3-5-13/h1-5,12,14,17H,6-11H2,(H2,16,18). The number of ether oxygens (including phenoxy) is 2. The van der Waals surface area contributed by atoms with Crippen LogP contribution in [0.15, 0.2) is 30.3 Å². The van der Waals surface area contributed by atoms with Crippen LogP contribution in [0.3, 0.4) is 0 Å². The van der Waals surface area contributed by atoms with Gasteiger partial charge in [0.25, 0.3) is 0 Å². The first kappa shape index (κ1) is 14.8. The van der Waals surface area contributed by atoms with Gasteiger partial charge in [-0.2, -0.15) is 0 Å². The molecule has 0 aliphatic heterocycles. The molecule has 1 aliphatic carbocycles. The van der Waals surface area contributed by atoms with E-state index in [1.807, 2.05) is 30.3 Å². The van der Waals surface area contributed by atoms with Crippen LogP contribution in [0, 0.1) is 0 Å². The topological polar surface area (TPSA) is 73.6 Å². The van der Waals surface area contributed by atoms with Crippen LogP contribution < -0.4 is 15.8 Å². The summed E-state index contributed by atoms with van der Waals surface area (Å²) in [5.41, 5.74) is 5.35. The van der Waals surface area contributed by atoms with Crippen molar-refractivity contribution < 1.29 is 14.3 Å². The van der Waals surface area contributed by atoms with Crippen LogP contribution in [0.2, 0.25) is 0 Å². The van der Waals surface area contributed by atoms with E-state index in [-0.39, 0.29) is 11.9 Å². The van der Waals surface area contributed by atoms with E-state index in [0.29, 0.717) is 32.3 Å². The summed E-state index contributed by atoms with van der Waals surface area (Å²) in [6.45, 7) is 1.51. The first-order chi connectivity index (χ1) is 9.75. The minimum Gasteiger partial charge on any atom is -0.491 e. The molecule has 0 heterocycles. The fraction of sp³-hybridized carbons (Fsp3) is 0.533. The highest BCUT2D eigenvalue weighted by molar-refractivity contribution is 5.79. The fourth-order valence-corrected chi connectivity index (χ4v) is 1.88. The lowest BCUT2D eigenvalue weighted by atomic mass is 10.2. The number of hydrogen-bond acceptors (Lipinski definition) is 4. The number of nitrogens with one attached hydrogen (secondary N) is 1. The zero-order valence-electron chi connectivity index (χ0n) is 11.6. The first-order valence-electron chi connectivity index (χ1n) is 7.06. The van der Waals surface area contributed by atoms with Crippen LogP contribution in [0.5, 0.6) is 5.75 Å². The highest BCUT2D eigenvalue weighted by Gasteiger charge is 2.26. The van der Waals surface area contributed by atoms with Crippen molar-refractivity contribution in [1.29, 1.82) is 0 Å². The molecular weight excluding hydrogens is 256 g/mol. The van der Waals surface area contributed by atoms with E-state index in [9.17, 15) is 4.79 Å². The van der Waals surface area contributed by atoms with Crippen molar-refractivity contribution in [3.63, 3.8) is 0 Å². The summed E-state index contributed by atoms with van der Waals surface area (Å²) in [6.07, 6.45) is 2.88. The Labute approximate surface area is 119 Å². The van der Waals surface area contributed by atoms with Gasteiger partial charge in [0.15, 0.2) is 0 Å². The highest BCUT2D eigenvalue weighted by atomic mass is 16.5. The third-order valence-corrected chi connectivity index (χ3v) is 3.15. The lowest BCUT2D eigenvalue weighted by Gasteiger charge is -2.15. The highest BCUT2D eigenvalue weighted by Crippen LogP contribution is 2.19. The summed E-state index contributed by atoms with van der Waals surface area (Å²) >= 11 is 0. The van der Waals surface area contributed by atoms with E-state index in [4.69, 9.17) is 15.2 Å². The van der Waals surface area contributed by atoms with E-state index >= 15 is 0 Å². The van der Waals surface area contributed by atoms with E-state index in [1.54, 1.807) is 0 Å². The van der Waals surface area contributed by atoms with Gasteiger partial charge in [0.1, 0.15) is 12.4 Å². The van der Waals surface area contributed by atoms with Gasteiger partial charge in [0, 0.05) is 12.6 Å². The van der Waals surface area contributed by atoms with Crippen LogP contribution >= 0.6 is 0 Å². The Balaban J connectivity index is 1.52. The number of benzene rings is 1. The molecule has 0 spiro atoms. The SMILES string of the molecule is NC(=O)C(CCOCCOc1ccccc1)NC1CC1. The smallest absolute Gasteiger partial charge is 0.234 e. The van der Waals surface area contributed by atoms with Crippen LogP contribution in [-0.4, -0.2) is 37.8 Å². The van der Waals surface area contributed by atoms with Gasteiger partial charge in [-0.25, -0.2) is 0 Å². The molecule has 1 atom stereocenters. The second-order valence-corrected chi connectivity index (χ2v) is 4.96. The van der Waals surface area contributed by atoms with Crippen molar-refractivity contribution in [3.8, 4) is 5.75 Å². The molecule has 2 rings (SSSR count). The van der Waals surface area contributed by atoms with Crippen LogP contribution in [0.1, 0.15) is 19.3 Å². The van der Waals surface area contributed by atoms with Gasteiger partial charge in [-0.05, 0) is 31.4 Å². The molecule has 5 nitrogen and oxygen atoms in total.